The lowest BCUT2D eigenvalue weighted by molar-refractivity contribution is 0.573. The molecule has 0 spiro atoms. The summed E-state index contributed by atoms with van der Waals surface area (Å²) in [6.07, 6.45) is 4.49. The average Bonchev–Trinajstić information content (AvgIpc) is 2.76. The van der Waals surface area contributed by atoms with Gasteiger partial charge in [0.15, 0.2) is 0 Å². The Morgan fingerprint density at radius 1 is 1.54 bits per heavy atom. The molecule has 3 nitrogen and oxygen atoms in total. The van der Waals surface area contributed by atoms with E-state index in [1.54, 1.807) is 0 Å². The largest absolute Gasteiger partial charge is 0.384 e. The van der Waals surface area contributed by atoms with Crippen molar-refractivity contribution in [1.29, 1.82) is 0 Å². The van der Waals surface area contributed by atoms with E-state index in [1.807, 2.05) is 18.0 Å². The van der Waals surface area contributed by atoms with Crippen molar-refractivity contribution in [3.8, 4) is 0 Å². The molecule has 1 heterocycles. The van der Waals surface area contributed by atoms with Crippen molar-refractivity contribution < 1.29 is 0 Å². The van der Waals surface area contributed by atoms with Crippen molar-refractivity contribution in [3.05, 3.63) is 23.5 Å². The number of nitrogens with one attached hydrogen (secondary N) is 1. The lowest BCUT2D eigenvalue weighted by Crippen LogP contribution is -2.16. The lowest BCUT2D eigenvalue weighted by Gasteiger charge is -2.11. The quantitative estimate of drug-likeness (QED) is 0.513. The zero-order valence-corrected chi connectivity index (χ0v) is 8.83. The van der Waals surface area contributed by atoms with Crippen molar-refractivity contribution in [2.45, 2.75) is 33.9 Å². The Morgan fingerprint density at radius 3 is 2.38 bits per heavy atom. The minimum Gasteiger partial charge on any atom is -0.384 e. The number of nitrogens with two attached hydrogens (primary N) is 1. The van der Waals surface area contributed by atoms with Gasteiger partial charge >= 0.3 is 0 Å². The van der Waals surface area contributed by atoms with E-state index in [4.69, 9.17) is 5.73 Å². The second-order valence-corrected chi connectivity index (χ2v) is 3.67. The first kappa shape index (κ1) is 10.1. The molecule has 1 rings (SSSR count). The molecule has 3 N–H and O–H groups in total. The van der Waals surface area contributed by atoms with E-state index < -0.39 is 0 Å². The molecule has 0 aromatic heterocycles. The molecule has 74 valence electrons. The molecule has 1 aliphatic heterocycles. The highest BCUT2D eigenvalue weighted by Gasteiger charge is 2.30. The Bertz CT molecular complexity index is 241. The Balaban J connectivity index is 2.82. The molecule has 0 amide bonds. The summed E-state index contributed by atoms with van der Waals surface area (Å²) >= 11 is 0. The van der Waals surface area contributed by atoms with E-state index >= 15 is 0 Å². The SMILES string of the molecule is C/C=C\C(=C(\N)N1NC1C)C(C)C. The van der Waals surface area contributed by atoms with Crippen LogP contribution in [0.1, 0.15) is 27.7 Å². The smallest absolute Gasteiger partial charge is 0.118 e. The third-order valence-electron chi connectivity index (χ3n) is 2.17. The van der Waals surface area contributed by atoms with Crippen molar-refractivity contribution in [3.63, 3.8) is 0 Å². The summed E-state index contributed by atoms with van der Waals surface area (Å²) in [4.78, 5) is 0. The van der Waals surface area contributed by atoms with E-state index in [2.05, 4.69) is 32.3 Å². The van der Waals surface area contributed by atoms with Crippen molar-refractivity contribution in [1.82, 2.24) is 10.4 Å². The molecular formula is C10H19N3. The molecule has 1 fully saturated rings. The van der Waals surface area contributed by atoms with Gasteiger partial charge in [0.1, 0.15) is 12.0 Å². The molecule has 0 radical (unpaired) electrons. The van der Waals surface area contributed by atoms with Crippen LogP contribution in [-0.2, 0) is 0 Å². The van der Waals surface area contributed by atoms with Crippen LogP contribution in [0.2, 0.25) is 0 Å². The van der Waals surface area contributed by atoms with Crippen molar-refractivity contribution in [2.75, 3.05) is 0 Å². The number of hydrogen-bond donors (Lipinski definition) is 2. The number of hydrazine groups is 1. The minimum atomic E-state index is 0.388. The topological polar surface area (TPSA) is 51.0 Å². The fraction of sp³-hybridized carbons (Fsp3) is 0.600. The highest BCUT2D eigenvalue weighted by atomic mass is 15.8. The number of allylic oxidation sites excluding steroid dienone is 3. The number of hydrogen-bond acceptors (Lipinski definition) is 3. The monoisotopic (exact) mass is 181 g/mol. The molecule has 0 aromatic carbocycles. The molecule has 0 aromatic rings. The third kappa shape index (κ3) is 2.25. The number of rotatable bonds is 3. The summed E-state index contributed by atoms with van der Waals surface area (Å²) in [7, 11) is 0. The summed E-state index contributed by atoms with van der Waals surface area (Å²) in [5.41, 5.74) is 10.3. The maximum Gasteiger partial charge on any atom is 0.118 e. The molecular weight excluding hydrogens is 162 g/mol. The van der Waals surface area contributed by atoms with Crippen molar-refractivity contribution in [2.24, 2.45) is 11.7 Å². The van der Waals surface area contributed by atoms with Crippen LogP contribution in [0.25, 0.3) is 0 Å². The molecule has 0 saturated carbocycles. The normalized spacial score (nSPS) is 24.1. The van der Waals surface area contributed by atoms with Gasteiger partial charge in [-0.05, 0) is 25.3 Å². The summed E-state index contributed by atoms with van der Waals surface area (Å²) in [6.45, 7) is 8.39. The fourth-order valence-electron chi connectivity index (χ4n) is 1.34. The summed E-state index contributed by atoms with van der Waals surface area (Å²) < 4.78 is 0. The Labute approximate surface area is 80.3 Å². The second kappa shape index (κ2) is 3.83. The van der Waals surface area contributed by atoms with Gasteiger partial charge in [-0.2, -0.15) is 0 Å². The van der Waals surface area contributed by atoms with Crippen molar-refractivity contribution >= 4 is 0 Å². The van der Waals surface area contributed by atoms with Gasteiger partial charge in [-0.15, -0.1) is 0 Å². The van der Waals surface area contributed by atoms with Gasteiger partial charge in [0.05, 0.1) is 0 Å². The summed E-state index contributed by atoms with van der Waals surface area (Å²) in [6, 6.07) is 0. The van der Waals surface area contributed by atoms with Gasteiger partial charge in [0.25, 0.3) is 0 Å². The standard InChI is InChI=1S/C10H19N3/c1-5-6-9(7(2)3)10(11)13-8(4)12-13/h5-8,12H,11H2,1-4H3/b6-5-,10-9+. The highest BCUT2D eigenvalue weighted by molar-refractivity contribution is 5.26. The third-order valence-corrected chi connectivity index (χ3v) is 2.17. The second-order valence-electron chi connectivity index (χ2n) is 3.67. The maximum atomic E-state index is 5.99. The molecule has 1 aliphatic rings. The zero-order chi connectivity index (χ0) is 10.0. The van der Waals surface area contributed by atoms with E-state index in [0.717, 1.165) is 5.82 Å². The number of nitrogens with zero attached hydrogens (tertiary/aromatic N) is 1. The van der Waals surface area contributed by atoms with Gasteiger partial charge in [0, 0.05) is 0 Å². The van der Waals surface area contributed by atoms with E-state index in [-0.39, 0.29) is 0 Å². The minimum absolute atomic E-state index is 0.388. The van der Waals surface area contributed by atoms with E-state index in [1.165, 1.54) is 5.57 Å². The van der Waals surface area contributed by atoms with Gasteiger partial charge in [0.2, 0.25) is 0 Å². The molecule has 0 bridgehead atoms. The Morgan fingerprint density at radius 2 is 2.08 bits per heavy atom. The first-order valence-corrected chi connectivity index (χ1v) is 4.75. The predicted molar refractivity (Wildman–Crippen MR) is 55.3 cm³/mol. The summed E-state index contributed by atoms with van der Waals surface area (Å²) in [5.74, 6) is 1.31. The molecule has 0 aliphatic carbocycles. The Hall–Kier alpha value is -0.960. The van der Waals surface area contributed by atoms with Gasteiger partial charge in [-0.1, -0.05) is 26.0 Å². The van der Waals surface area contributed by atoms with Crippen LogP contribution in [0.15, 0.2) is 23.5 Å². The van der Waals surface area contributed by atoms with Crippen LogP contribution in [-0.4, -0.2) is 11.2 Å². The molecule has 13 heavy (non-hydrogen) atoms. The summed E-state index contributed by atoms with van der Waals surface area (Å²) in [5, 5.41) is 1.98. The van der Waals surface area contributed by atoms with Crippen LogP contribution >= 0.6 is 0 Å². The predicted octanol–water partition coefficient (Wildman–Crippen LogP) is 1.55. The van der Waals surface area contributed by atoms with Crippen LogP contribution < -0.4 is 11.2 Å². The molecule has 3 heteroatoms. The first-order valence-electron chi connectivity index (χ1n) is 4.75. The lowest BCUT2D eigenvalue weighted by atomic mass is 10.0. The molecule has 1 unspecified atom stereocenters. The van der Waals surface area contributed by atoms with Crippen LogP contribution in [0.3, 0.4) is 0 Å². The Kier molecular flexibility index (Phi) is 2.98. The van der Waals surface area contributed by atoms with Gasteiger partial charge in [-0.3, -0.25) is 5.01 Å². The maximum absolute atomic E-state index is 5.99. The van der Waals surface area contributed by atoms with E-state index in [9.17, 15) is 0 Å². The van der Waals surface area contributed by atoms with Gasteiger partial charge in [-0.25, -0.2) is 5.43 Å². The zero-order valence-electron chi connectivity index (χ0n) is 8.83. The van der Waals surface area contributed by atoms with Crippen LogP contribution in [0.4, 0.5) is 0 Å². The average molecular weight is 181 g/mol. The fourth-order valence-corrected chi connectivity index (χ4v) is 1.34. The van der Waals surface area contributed by atoms with Crippen LogP contribution in [0.5, 0.6) is 0 Å². The first-order chi connectivity index (χ1) is 6.07. The molecule has 1 atom stereocenters. The van der Waals surface area contributed by atoms with Gasteiger partial charge < -0.3 is 5.73 Å². The highest BCUT2D eigenvalue weighted by Crippen LogP contribution is 2.21. The van der Waals surface area contributed by atoms with Crippen LogP contribution in [0, 0.1) is 5.92 Å². The van der Waals surface area contributed by atoms with E-state index in [0.29, 0.717) is 12.1 Å². The molecule has 1 saturated heterocycles.